The number of aromatic nitrogens is 1. The summed E-state index contributed by atoms with van der Waals surface area (Å²) in [4.78, 5) is 41.5. The summed E-state index contributed by atoms with van der Waals surface area (Å²) in [6.07, 6.45) is 0.878. The van der Waals surface area contributed by atoms with Crippen molar-refractivity contribution in [3.05, 3.63) is 69.2 Å². The third-order valence-electron chi connectivity index (χ3n) is 6.56. The Balaban J connectivity index is 1.33. The number of amides is 3. The van der Waals surface area contributed by atoms with Gasteiger partial charge in [0.1, 0.15) is 5.54 Å². The number of nitrogens with zero attached hydrogens (tertiary/aromatic N) is 2. The lowest BCUT2D eigenvalue weighted by atomic mass is 9.91. The Morgan fingerprint density at radius 1 is 1.15 bits per heavy atom. The SMILES string of the molecule is Cc1cc(C(=O)CN2C(=O)NC(C)(c3ccc4c(c3)OCO4)C2=O)c(C)n1CCc1cccs1. The van der Waals surface area contributed by atoms with Crippen molar-refractivity contribution in [2.24, 2.45) is 0 Å². The number of carbonyl (C=O) groups excluding carboxylic acids is 3. The average Bonchev–Trinajstić information content (AvgIpc) is 3.58. The normalized spacial score (nSPS) is 19.1. The molecular formula is C25H25N3O5S. The monoisotopic (exact) mass is 479 g/mol. The number of thiophene rings is 1. The highest BCUT2D eigenvalue weighted by atomic mass is 32.1. The molecule has 0 aliphatic carbocycles. The molecule has 3 amide bonds. The van der Waals surface area contributed by atoms with Crippen LogP contribution in [0.4, 0.5) is 4.79 Å². The van der Waals surface area contributed by atoms with Gasteiger partial charge >= 0.3 is 6.03 Å². The number of aryl methyl sites for hydroxylation is 2. The highest BCUT2D eigenvalue weighted by molar-refractivity contribution is 7.09. The van der Waals surface area contributed by atoms with Gasteiger partial charge < -0.3 is 19.4 Å². The maximum absolute atomic E-state index is 13.3. The van der Waals surface area contributed by atoms with Gasteiger partial charge in [0.15, 0.2) is 17.3 Å². The molecule has 2 aliphatic heterocycles. The van der Waals surface area contributed by atoms with Gasteiger partial charge in [-0.3, -0.25) is 14.5 Å². The third kappa shape index (κ3) is 3.66. The quantitative estimate of drug-likeness (QED) is 0.411. The second kappa shape index (κ2) is 8.32. The molecule has 2 aliphatic rings. The number of hydrogen-bond acceptors (Lipinski definition) is 6. The number of ketones is 1. The van der Waals surface area contributed by atoms with E-state index in [0.29, 0.717) is 22.6 Å². The van der Waals surface area contributed by atoms with Crippen molar-refractivity contribution >= 4 is 29.1 Å². The fourth-order valence-electron chi connectivity index (χ4n) is 4.58. The largest absolute Gasteiger partial charge is 0.454 e. The van der Waals surface area contributed by atoms with E-state index in [4.69, 9.17) is 9.47 Å². The lowest BCUT2D eigenvalue weighted by Gasteiger charge is -2.22. The zero-order valence-corrected chi connectivity index (χ0v) is 20.0. The molecule has 2 aromatic heterocycles. The summed E-state index contributed by atoms with van der Waals surface area (Å²) in [5, 5.41) is 4.80. The molecule has 8 nitrogen and oxygen atoms in total. The van der Waals surface area contributed by atoms with Crippen LogP contribution in [-0.2, 0) is 23.3 Å². The van der Waals surface area contributed by atoms with Crippen LogP contribution < -0.4 is 14.8 Å². The van der Waals surface area contributed by atoms with Crippen LogP contribution in [-0.4, -0.2) is 40.5 Å². The minimum Gasteiger partial charge on any atom is -0.454 e. The Labute approximate surface area is 201 Å². The van der Waals surface area contributed by atoms with Crippen LogP contribution >= 0.6 is 11.3 Å². The van der Waals surface area contributed by atoms with Crippen molar-refractivity contribution < 1.29 is 23.9 Å². The summed E-state index contributed by atoms with van der Waals surface area (Å²) in [5.74, 6) is 0.362. The number of fused-ring (bicyclic) bond motifs is 1. The molecule has 1 fully saturated rings. The molecule has 4 heterocycles. The Morgan fingerprint density at radius 3 is 2.71 bits per heavy atom. The molecule has 0 bridgehead atoms. The van der Waals surface area contributed by atoms with Crippen LogP contribution in [0.3, 0.4) is 0 Å². The summed E-state index contributed by atoms with van der Waals surface area (Å²) in [6.45, 7) is 6.05. The van der Waals surface area contributed by atoms with E-state index in [0.717, 1.165) is 29.3 Å². The first kappa shape index (κ1) is 22.2. The fourth-order valence-corrected chi connectivity index (χ4v) is 5.28. The molecule has 176 valence electrons. The van der Waals surface area contributed by atoms with Crippen LogP contribution in [0.25, 0.3) is 0 Å². The van der Waals surface area contributed by atoms with Gasteiger partial charge in [0.05, 0.1) is 6.54 Å². The zero-order valence-electron chi connectivity index (χ0n) is 19.2. The van der Waals surface area contributed by atoms with Crippen LogP contribution in [0.5, 0.6) is 11.5 Å². The fraction of sp³-hybridized carbons (Fsp3) is 0.320. The molecule has 34 heavy (non-hydrogen) atoms. The molecule has 1 aromatic carbocycles. The van der Waals surface area contributed by atoms with Crippen molar-refractivity contribution in [2.75, 3.05) is 13.3 Å². The second-order valence-electron chi connectivity index (χ2n) is 8.70. The molecule has 5 rings (SSSR count). The number of hydrogen-bond donors (Lipinski definition) is 1. The molecule has 9 heteroatoms. The number of imide groups is 1. The summed E-state index contributed by atoms with van der Waals surface area (Å²) >= 11 is 1.71. The Hall–Kier alpha value is -3.59. The van der Waals surface area contributed by atoms with Crippen molar-refractivity contribution in [1.29, 1.82) is 0 Å². The number of Topliss-reactive ketones (excluding diaryl/α,β-unsaturated/α-hetero) is 1. The minimum absolute atomic E-state index is 0.113. The standard InChI is InChI=1S/C25H25N3O5S/c1-15-11-19(16(2)27(15)9-8-18-5-4-10-34-18)20(29)13-28-23(30)25(3,26-24(28)31)17-6-7-21-22(12-17)33-14-32-21/h4-7,10-12H,8-9,13-14H2,1-3H3,(H,26,31). The predicted octanol–water partition coefficient (Wildman–Crippen LogP) is 3.79. The second-order valence-corrected chi connectivity index (χ2v) is 9.74. The average molecular weight is 480 g/mol. The molecule has 0 saturated carbocycles. The van der Waals surface area contributed by atoms with Gasteiger partial charge in [0.25, 0.3) is 5.91 Å². The van der Waals surface area contributed by atoms with Crippen LogP contribution in [0.15, 0.2) is 41.8 Å². The molecule has 1 N–H and O–H groups in total. The van der Waals surface area contributed by atoms with Gasteiger partial charge in [0.2, 0.25) is 6.79 Å². The summed E-state index contributed by atoms with van der Waals surface area (Å²) in [5.41, 5.74) is 1.61. The van der Waals surface area contributed by atoms with E-state index in [2.05, 4.69) is 21.3 Å². The van der Waals surface area contributed by atoms with Crippen molar-refractivity contribution in [3.63, 3.8) is 0 Å². The molecule has 1 unspecified atom stereocenters. The number of rotatable bonds is 7. The Bertz CT molecular complexity index is 1300. The van der Waals surface area contributed by atoms with E-state index < -0.39 is 17.5 Å². The van der Waals surface area contributed by atoms with E-state index in [-0.39, 0.29) is 19.1 Å². The minimum atomic E-state index is -1.30. The Morgan fingerprint density at radius 2 is 1.94 bits per heavy atom. The lowest BCUT2D eigenvalue weighted by Crippen LogP contribution is -2.41. The summed E-state index contributed by atoms with van der Waals surface area (Å²) in [7, 11) is 0. The summed E-state index contributed by atoms with van der Waals surface area (Å²) in [6, 6.07) is 10.5. The lowest BCUT2D eigenvalue weighted by molar-refractivity contribution is -0.130. The highest BCUT2D eigenvalue weighted by Gasteiger charge is 2.50. The molecule has 1 atom stereocenters. The first-order valence-electron chi connectivity index (χ1n) is 11.0. The first-order chi connectivity index (χ1) is 16.3. The molecule has 0 spiro atoms. The highest BCUT2D eigenvalue weighted by Crippen LogP contribution is 2.38. The van der Waals surface area contributed by atoms with Gasteiger partial charge in [-0.2, -0.15) is 0 Å². The molecular weight excluding hydrogens is 454 g/mol. The number of ether oxygens (including phenoxy) is 2. The maximum atomic E-state index is 13.3. The van der Waals surface area contributed by atoms with Gasteiger partial charge in [-0.05, 0) is 62.4 Å². The molecule has 1 saturated heterocycles. The predicted molar refractivity (Wildman–Crippen MR) is 126 cm³/mol. The van der Waals surface area contributed by atoms with E-state index in [1.54, 1.807) is 36.5 Å². The van der Waals surface area contributed by atoms with Gasteiger partial charge in [-0.25, -0.2) is 4.79 Å². The van der Waals surface area contributed by atoms with E-state index in [9.17, 15) is 14.4 Å². The number of benzene rings is 1. The topological polar surface area (TPSA) is 89.9 Å². The summed E-state index contributed by atoms with van der Waals surface area (Å²) < 4.78 is 12.8. The van der Waals surface area contributed by atoms with Crippen LogP contribution in [0.1, 0.15) is 39.1 Å². The number of carbonyl (C=O) groups is 3. The van der Waals surface area contributed by atoms with Gasteiger partial charge in [-0.15, -0.1) is 11.3 Å². The van der Waals surface area contributed by atoms with Crippen molar-refractivity contribution in [3.8, 4) is 11.5 Å². The van der Waals surface area contributed by atoms with Gasteiger partial charge in [-0.1, -0.05) is 12.1 Å². The molecule has 0 radical (unpaired) electrons. The van der Waals surface area contributed by atoms with E-state index >= 15 is 0 Å². The molecule has 3 aromatic rings. The van der Waals surface area contributed by atoms with Gasteiger partial charge in [0, 0.05) is 28.4 Å². The first-order valence-corrected chi connectivity index (χ1v) is 11.9. The Kier molecular flexibility index (Phi) is 5.44. The maximum Gasteiger partial charge on any atom is 0.325 e. The van der Waals surface area contributed by atoms with Crippen LogP contribution in [0.2, 0.25) is 0 Å². The van der Waals surface area contributed by atoms with E-state index in [1.807, 2.05) is 26.0 Å². The third-order valence-corrected chi connectivity index (χ3v) is 7.50. The van der Waals surface area contributed by atoms with E-state index in [1.165, 1.54) is 4.88 Å². The van der Waals surface area contributed by atoms with Crippen LogP contribution in [0, 0.1) is 13.8 Å². The number of urea groups is 1. The van der Waals surface area contributed by atoms with Crippen molar-refractivity contribution in [1.82, 2.24) is 14.8 Å². The smallest absolute Gasteiger partial charge is 0.325 e. The number of nitrogens with one attached hydrogen (secondary N) is 1. The van der Waals surface area contributed by atoms with Crippen molar-refractivity contribution in [2.45, 2.75) is 39.3 Å². The zero-order chi connectivity index (χ0) is 24.0.